The summed E-state index contributed by atoms with van der Waals surface area (Å²) in [6, 6.07) is 19.3. The third kappa shape index (κ3) is 4.58. The highest BCUT2D eigenvalue weighted by molar-refractivity contribution is 5.36. The summed E-state index contributed by atoms with van der Waals surface area (Å²) >= 11 is 0. The fourth-order valence-electron chi connectivity index (χ4n) is 3.42. The van der Waals surface area contributed by atoms with Crippen LogP contribution < -0.4 is 10.1 Å². The van der Waals surface area contributed by atoms with E-state index in [9.17, 15) is 0 Å². The van der Waals surface area contributed by atoms with Crippen LogP contribution in [0.25, 0.3) is 5.69 Å². The Bertz CT molecular complexity index is 864. The minimum absolute atomic E-state index is 0.298. The third-order valence-electron chi connectivity index (χ3n) is 4.86. The molecule has 1 heterocycles. The topological polar surface area (TPSA) is 39.1 Å². The molecule has 0 aliphatic heterocycles. The van der Waals surface area contributed by atoms with Crippen molar-refractivity contribution in [1.82, 2.24) is 15.1 Å². The number of methoxy groups -OCH3 is 1. The van der Waals surface area contributed by atoms with Gasteiger partial charge in [0.15, 0.2) is 0 Å². The van der Waals surface area contributed by atoms with Crippen LogP contribution in [-0.2, 0) is 6.54 Å². The average Bonchev–Trinajstić information content (AvgIpc) is 3.01. The average molecular weight is 364 g/mol. The molecule has 0 aliphatic rings. The number of rotatable bonds is 7. The van der Waals surface area contributed by atoms with E-state index >= 15 is 0 Å². The van der Waals surface area contributed by atoms with E-state index in [4.69, 9.17) is 4.74 Å². The van der Waals surface area contributed by atoms with Gasteiger partial charge in [0.25, 0.3) is 0 Å². The Morgan fingerprint density at radius 1 is 1.00 bits per heavy atom. The van der Waals surface area contributed by atoms with E-state index in [1.807, 2.05) is 23.7 Å². The highest BCUT2D eigenvalue weighted by Crippen LogP contribution is 2.24. The molecule has 0 saturated heterocycles. The maximum absolute atomic E-state index is 5.27. The second-order valence-electron chi connectivity index (χ2n) is 7.38. The van der Waals surface area contributed by atoms with Gasteiger partial charge in [0, 0.05) is 18.3 Å². The van der Waals surface area contributed by atoms with Crippen molar-refractivity contribution in [2.24, 2.45) is 5.92 Å². The summed E-state index contributed by atoms with van der Waals surface area (Å²) in [6.07, 6.45) is 0. The van der Waals surface area contributed by atoms with Crippen LogP contribution >= 0.6 is 0 Å². The van der Waals surface area contributed by atoms with Crippen LogP contribution in [0.2, 0.25) is 0 Å². The molecule has 3 rings (SSSR count). The number of ether oxygens (including phenoxy) is 1. The second-order valence-corrected chi connectivity index (χ2v) is 7.38. The van der Waals surface area contributed by atoms with Crippen molar-refractivity contribution in [1.29, 1.82) is 0 Å². The van der Waals surface area contributed by atoms with Gasteiger partial charge in [-0.1, -0.05) is 38.1 Å². The van der Waals surface area contributed by atoms with Gasteiger partial charge >= 0.3 is 0 Å². The molecule has 0 aliphatic carbocycles. The molecule has 0 fully saturated rings. The summed E-state index contributed by atoms with van der Waals surface area (Å²) < 4.78 is 7.26. The lowest BCUT2D eigenvalue weighted by molar-refractivity contribution is 0.404. The van der Waals surface area contributed by atoms with E-state index in [2.05, 4.69) is 73.7 Å². The zero-order valence-corrected chi connectivity index (χ0v) is 16.9. The standard InChI is InChI=1S/C23H29N3O/c1-16(2)23(20-8-12-22(27-5)13-9-20)24-15-19-6-10-21(11-7-19)26-18(4)14-17(3)25-26/h6-14,16,23-24H,15H2,1-5H3. The number of hydrogen-bond donors (Lipinski definition) is 1. The summed E-state index contributed by atoms with van der Waals surface area (Å²) in [7, 11) is 1.70. The number of aromatic nitrogens is 2. The van der Waals surface area contributed by atoms with Crippen molar-refractivity contribution in [3.05, 3.63) is 77.1 Å². The first-order valence-electron chi connectivity index (χ1n) is 9.48. The van der Waals surface area contributed by atoms with Crippen molar-refractivity contribution in [2.45, 2.75) is 40.3 Å². The lowest BCUT2D eigenvalue weighted by Crippen LogP contribution is -2.25. The molecule has 1 unspecified atom stereocenters. The van der Waals surface area contributed by atoms with Gasteiger partial charge < -0.3 is 10.1 Å². The fraction of sp³-hybridized carbons (Fsp3) is 0.348. The molecule has 0 bridgehead atoms. The Hall–Kier alpha value is -2.59. The van der Waals surface area contributed by atoms with Crippen molar-refractivity contribution >= 4 is 0 Å². The Morgan fingerprint density at radius 2 is 1.67 bits per heavy atom. The highest BCUT2D eigenvalue weighted by atomic mass is 16.5. The van der Waals surface area contributed by atoms with Crippen LogP contribution in [0, 0.1) is 19.8 Å². The summed E-state index contributed by atoms with van der Waals surface area (Å²) in [6.45, 7) is 9.42. The summed E-state index contributed by atoms with van der Waals surface area (Å²) in [4.78, 5) is 0. The Labute approximate surface area is 162 Å². The summed E-state index contributed by atoms with van der Waals surface area (Å²) in [5.74, 6) is 1.38. The van der Waals surface area contributed by atoms with Crippen LogP contribution in [0.4, 0.5) is 0 Å². The molecule has 1 atom stereocenters. The van der Waals surface area contributed by atoms with Crippen molar-refractivity contribution in [2.75, 3.05) is 7.11 Å². The van der Waals surface area contributed by atoms with E-state index < -0.39 is 0 Å². The van der Waals surface area contributed by atoms with Crippen LogP contribution in [-0.4, -0.2) is 16.9 Å². The Kier molecular flexibility index (Phi) is 5.97. The van der Waals surface area contributed by atoms with Gasteiger partial charge in [-0.3, -0.25) is 0 Å². The number of benzene rings is 2. The molecule has 2 aromatic carbocycles. The SMILES string of the molecule is COc1ccc(C(NCc2ccc(-n3nc(C)cc3C)cc2)C(C)C)cc1. The fourth-order valence-corrected chi connectivity index (χ4v) is 3.42. The van der Waals surface area contributed by atoms with Gasteiger partial charge in [0.2, 0.25) is 0 Å². The van der Waals surface area contributed by atoms with Crippen molar-refractivity contribution < 1.29 is 4.74 Å². The van der Waals surface area contributed by atoms with Crippen molar-refractivity contribution in [3.8, 4) is 11.4 Å². The molecule has 27 heavy (non-hydrogen) atoms. The zero-order valence-electron chi connectivity index (χ0n) is 16.9. The maximum atomic E-state index is 5.27. The molecule has 0 radical (unpaired) electrons. The number of hydrogen-bond acceptors (Lipinski definition) is 3. The predicted molar refractivity (Wildman–Crippen MR) is 110 cm³/mol. The molecule has 0 spiro atoms. The van der Waals surface area contributed by atoms with Gasteiger partial charge in [0.1, 0.15) is 5.75 Å². The molecule has 4 heteroatoms. The Balaban J connectivity index is 1.69. The first-order valence-corrected chi connectivity index (χ1v) is 9.48. The van der Waals surface area contributed by atoms with E-state index in [-0.39, 0.29) is 0 Å². The number of nitrogens with zero attached hydrogens (tertiary/aromatic N) is 2. The lowest BCUT2D eigenvalue weighted by Gasteiger charge is -2.23. The summed E-state index contributed by atoms with van der Waals surface area (Å²) in [5.41, 5.74) is 5.83. The zero-order chi connectivity index (χ0) is 19.4. The molecule has 4 nitrogen and oxygen atoms in total. The van der Waals surface area contributed by atoms with Gasteiger partial charge in [-0.2, -0.15) is 5.10 Å². The Morgan fingerprint density at radius 3 is 2.19 bits per heavy atom. The minimum atomic E-state index is 0.298. The molecule has 0 amide bonds. The molecule has 1 N–H and O–H groups in total. The molecule has 1 aromatic heterocycles. The molecular weight excluding hydrogens is 334 g/mol. The van der Waals surface area contributed by atoms with Crippen molar-refractivity contribution in [3.63, 3.8) is 0 Å². The minimum Gasteiger partial charge on any atom is -0.497 e. The molecular formula is C23H29N3O. The molecule has 0 saturated carbocycles. The van der Waals surface area contributed by atoms with Crippen LogP contribution in [0.15, 0.2) is 54.6 Å². The van der Waals surface area contributed by atoms with E-state index in [1.54, 1.807) is 7.11 Å². The number of aryl methyl sites for hydroxylation is 2. The quantitative estimate of drug-likeness (QED) is 0.643. The number of nitrogens with one attached hydrogen (secondary N) is 1. The normalized spacial score (nSPS) is 12.4. The van der Waals surface area contributed by atoms with E-state index in [1.165, 1.54) is 11.1 Å². The van der Waals surface area contributed by atoms with Crippen LogP contribution in [0.5, 0.6) is 5.75 Å². The van der Waals surface area contributed by atoms with Gasteiger partial charge in [0.05, 0.1) is 18.5 Å². The van der Waals surface area contributed by atoms with E-state index in [0.29, 0.717) is 12.0 Å². The largest absolute Gasteiger partial charge is 0.497 e. The van der Waals surface area contributed by atoms with Gasteiger partial charge in [-0.25, -0.2) is 4.68 Å². The van der Waals surface area contributed by atoms with Gasteiger partial charge in [-0.05, 0) is 61.2 Å². The summed E-state index contributed by atoms with van der Waals surface area (Å²) in [5, 5.41) is 8.25. The first-order chi connectivity index (χ1) is 13.0. The highest BCUT2D eigenvalue weighted by Gasteiger charge is 2.15. The maximum Gasteiger partial charge on any atom is 0.118 e. The molecule has 142 valence electrons. The first kappa shape index (κ1) is 19.2. The van der Waals surface area contributed by atoms with Crippen LogP contribution in [0.1, 0.15) is 42.4 Å². The lowest BCUT2D eigenvalue weighted by atomic mass is 9.95. The monoisotopic (exact) mass is 363 g/mol. The van der Waals surface area contributed by atoms with Crippen LogP contribution in [0.3, 0.4) is 0 Å². The predicted octanol–water partition coefficient (Wildman–Crippen LogP) is 4.98. The van der Waals surface area contributed by atoms with Gasteiger partial charge in [-0.15, -0.1) is 0 Å². The molecule has 3 aromatic rings. The van der Waals surface area contributed by atoms with E-state index in [0.717, 1.165) is 29.4 Å². The third-order valence-corrected chi connectivity index (χ3v) is 4.86. The second kappa shape index (κ2) is 8.40. The smallest absolute Gasteiger partial charge is 0.118 e.